The molecule has 0 aliphatic carbocycles. The van der Waals surface area contributed by atoms with Crippen LogP contribution in [-0.4, -0.2) is 47.9 Å². The second kappa shape index (κ2) is 4.86. The summed E-state index contributed by atoms with van der Waals surface area (Å²) in [6.07, 6.45) is 1.59. The minimum Gasteiger partial charge on any atom is -0.346 e. The molecule has 102 valence electrons. The summed E-state index contributed by atoms with van der Waals surface area (Å²) in [5.74, 6) is -1.59. The van der Waals surface area contributed by atoms with Gasteiger partial charge < -0.3 is 14.4 Å². The predicted molar refractivity (Wildman–Crippen MR) is 64.0 cm³/mol. The van der Waals surface area contributed by atoms with Gasteiger partial charge in [0, 0.05) is 13.0 Å². The van der Waals surface area contributed by atoms with Crippen molar-refractivity contribution in [2.45, 2.75) is 18.6 Å². The van der Waals surface area contributed by atoms with Crippen molar-refractivity contribution >= 4 is 5.91 Å². The number of piperidine rings is 1. The molecule has 3 rings (SSSR count). The van der Waals surface area contributed by atoms with E-state index in [0.717, 1.165) is 12.8 Å². The zero-order chi connectivity index (χ0) is 13.3. The highest BCUT2D eigenvalue weighted by Gasteiger charge is 2.42. The lowest BCUT2D eigenvalue weighted by Crippen LogP contribution is -2.51. The number of halogens is 1. The fraction of sp³-hybridized carbons (Fsp3) is 0.538. The van der Waals surface area contributed by atoms with E-state index in [9.17, 15) is 9.18 Å². The maximum absolute atomic E-state index is 13.1. The Morgan fingerprint density at radius 1 is 1.37 bits per heavy atom. The molecular weight excluding hydrogens is 251 g/mol. The van der Waals surface area contributed by atoms with E-state index in [4.69, 9.17) is 9.47 Å². The molecule has 0 atom stereocenters. The molecule has 2 saturated heterocycles. The molecule has 0 unspecified atom stereocenters. The topological polar surface area (TPSA) is 51.7 Å². The van der Waals surface area contributed by atoms with Gasteiger partial charge in [0.1, 0.15) is 5.69 Å². The molecule has 2 fully saturated rings. The normalized spacial score (nSPS) is 21.8. The molecule has 1 spiro atoms. The molecule has 0 aromatic carbocycles. The maximum Gasteiger partial charge on any atom is 0.272 e. The van der Waals surface area contributed by atoms with Crippen LogP contribution in [0, 0.1) is 5.95 Å². The Morgan fingerprint density at radius 3 is 2.89 bits per heavy atom. The van der Waals surface area contributed by atoms with Crippen LogP contribution in [0.25, 0.3) is 0 Å². The summed E-state index contributed by atoms with van der Waals surface area (Å²) in [5, 5.41) is 0. The summed E-state index contributed by atoms with van der Waals surface area (Å²) >= 11 is 0. The molecule has 0 radical (unpaired) electrons. The van der Waals surface area contributed by atoms with E-state index < -0.39 is 11.7 Å². The fourth-order valence-corrected chi connectivity index (χ4v) is 2.58. The second-order valence-electron chi connectivity index (χ2n) is 4.78. The van der Waals surface area contributed by atoms with Crippen LogP contribution in [0.1, 0.15) is 23.3 Å². The summed E-state index contributed by atoms with van der Waals surface area (Å²) in [5.41, 5.74) is 0.120. The molecule has 5 nitrogen and oxygen atoms in total. The number of aromatic nitrogens is 1. The lowest BCUT2D eigenvalue weighted by molar-refractivity contribution is -0.183. The fourth-order valence-electron chi connectivity index (χ4n) is 2.58. The van der Waals surface area contributed by atoms with E-state index in [-0.39, 0.29) is 11.6 Å². The van der Waals surface area contributed by atoms with Gasteiger partial charge in [-0.3, -0.25) is 4.79 Å². The quantitative estimate of drug-likeness (QED) is 0.717. The van der Waals surface area contributed by atoms with Gasteiger partial charge in [0.15, 0.2) is 5.79 Å². The van der Waals surface area contributed by atoms with Crippen LogP contribution in [0.2, 0.25) is 0 Å². The number of rotatable bonds is 1. The number of carbonyl (C=O) groups excluding carboxylic acids is 1. The van der Waals surface area contributed by atoms with Crippen LogP contribution in [0.15, 0.2) is 18.2 Å². The van der Waals surface area contributed by atoms with Crippen LogP contribution in [0.3, 0.4) is 0 Å². The SMILES string of the molecule is O=C(c1cccc(F)n1)N1CCCC2(C1)OCCO2. The number of nitrogens with zero attached hydrogens (tertiary/aromatic N) is 2. The van der Waals surface area contributed by atoms with Crippen molar-refractivity contribution in [1.29, 1.82) is 0 Å². The molecular formula is C13H15FN2O3. The van der Waals surface area contributed by atoms with Gasteiger partial charge in [-0.05, 0) is 18.6 Å². The van der Waals surface area contributed by atoms with Crippen molar-refractivity contribution in [3.05, 3.63) is 29.8 Å². The lowest BCUT2D eigenvalue weighted by atomic mass is 10.0. The van der Waals surface area contributed by atoms with Gasteiger partial charge in [-0.25, -0.2) is 4.98 Å². The van der Waals surface area contributed by atoms with E-state index in [0.29, 0.717) is 26.3 Å². The molecule has 2 aliphatic rings. The lowest BCUT2D eigenvalue weighted by Gasteiger charge is -2.38. The molecule has 1 amide bonds. The van der Waals surface area contributed by atoms with Crippen LogP contribution in [0.4, 0.5) is 4.39 Å². The predicted octanol–water partition coefficient (Wildman–Crippen LogP) is 1.20. The third-order valence-electron chi connectivity index (χ3n) is 3.45. The first-order valence-corrected chi connectivity index (χ1v) is 6.38. The average molecular weight is 266 g/mol. The number of pyridine rings is 1. The van der Waals surface area contributed by atoms with Gasteiger partial charge in [-0.2, -0.15) is 4.39 Å². The Hall–Kier alpha value is -1.53. The summed E-state index contributed by atoms with van der Waals surface area (Å²) in [7, 11) is 0. The summed E-state index contributed by atoms with van der Waals surface area (Å²) < 4.78 is 24.3. The summed E-state index contributed by atoms with van der Waals surface area (Å²) in [6.45, 7) is 2.11. The van der Waals surface area contributed by atoms with Crippen molar-refractivity contribution in [2.75, 3.05) is 26.3 Å². The molecule has 3 heterocycles. The number of ether oxygens (including phenoxy) is 2. The largest absolute Gasteiger partial charge is 0.346 e. The average Bonchev–Trinajstić information content (AvgIpc) is 2.86. The zero-order valence-electron chi connectivity index (χ0n) is 10.5. The summed E-state index contributed by atoms with van der Waals surface area (Å²) in [4.78, 5) is 17.5. The Kier molecular flexibility index (Phi) is 3.20. The monoisotopic (exact) mass is 266 g/mol. The zero-order valence-corrected chi connectivity index (χ0v) is 10.5. The first kappa shape index (κ1) is 12.5. The minimum atomic E-state index is -0.665. The van der Waals surface area contributed by atoms with Crippen LogP contribution >= 0.6 is 0 Å². The molecule has 0 bridgehead atoms. The van der Waals surface area contributed by atoms with Gasteiger partial charge in [-0.1, -0.05) is 6.07 Å². The third-order valence-corrected chi connectivity index (χ3v) is 3.45. The second-order valence-corrected chi connectivity index (χ2v) is 4.78. The number of carbonyl (C=O) groups is 1. The molecule has 0 saturated carbocycles. The summed E-state index contributed by atoms with van der Waals surface area (Å²) in [6, 6.07) is 4.22. The highest BCUT2D eigenvalue weighted by Crippen LogP contribution is 2.30. The van der Waals surface area contributed by atoms with Crippen molar-refractivity contribution in [3.8, 4) is 0 Å². The van der Waals surface area contributed by atoms with E-state index in [1.54, 1.807) is 4.90 Å². The standard InChI is InChI=1S/C13H15FN2O3/c14-11-4-1-3-10(15-11)12(17)16-6-2-5-13(9-16)18-7-8-19-13/h1,3-4H,2,5-9H2. The number of hydrogen-bond donors (Lipinski definition) is 0. The minimum absolute atomic E-state index is 0.120. The van der Waals surface area contributed by atoms with Crippen LogP contribution < -0.4 is 0 Å². The van der Waals surface area contributed by atoms with Crippen LogP contribution in [-0.2, 0) is 9.47 Å². The van der Waals surface area contributed by atoms with Crippen molar-refractivity contribution in [3.63, 3.8) is 0 Å². The first-order valence-electron chi connectivity index (χ1n) is 6.38. The number of hydrogen-bond acceptors (Lipinski definition) is 4. The van der Waals surface area contributed by atoms with E-state index in [2.05, 4.69) is 4.98 Å². The van der Waals surface area contributed by atoms with Gasteiger partial charge in [-0.15, -0.1) is 0 Å². The van der Waals surface area contributed by atoms with Crippen molar-refractivity contribution in [2.24, 2.45) is 0 Å². The molecule has 1 aromatic heterocycles. The van der Waals surface area contributed by atoms with Crippen molar-refractivity contribution in [1.82, 2.24) is 9.88 Å². The molecule has 6 heteroatoms. The molecule has 2 aliphatic heterocycles. The molecule has 1 aromatic rings. The Morgan fingerprint density at radius 2 is 2.16 bits per heavy atom. The van der Waals surface area contributed by atoms with E-state index >= 15 is 0 Å². The third kappa shape index (κ3) is 2.46. The van der Waals surface area contributed by atoms with Crippen LogP contribution in [0.5, 0.6) is 0 Å². The molecule has 19 heavy (non-hydrogen) atoms. The Labute approximate surface area is 110 Å². The maximum atomic E-state index is 13.1. The number of likely N-dealkylation sites (tertiary alicyclic amines) is 1. The van der Waals surface area contributed by atoms with E-state index in [1.165, 1.54) is 18.2 Å². The van der Waals surface area contributed by atoms with E-state index in [1.807, 2.05) is 0 Å². The number of amides is 1. The highest BCUT2D eigenvalue weighted by molar-refractivity contribution is 5.92. The highest BCUT2D eigenvalue weighted by atomic mass is 19.1. The van der Waals surface area contributed by atoms with Gasteiger partial charge in [0.25, 0.3) is 5.91 Å². The molecule has 0 N–H and O–H groups in total. The Balaban J connectivity index is 1.76. The first-order chi connectivity index (χ1) is 9.19. The van der Waals surface area contributed by atoms with Crippen molar-refractivity contribution < 1.29 is 18.7 Å². The van der Waals surface area contributed by atoms with Gasteiger partial charge in [0.05, 0.1) is 19.8 Å². The smallest absolute Gasteiger partial charge is 0.272 e. The van der Waals surface area contributed by atoms with Gasteiger partial charge in [0.2, 0.25) is 5.95 Å². The Bertz CT molecular complexity index is 489. The van der Waals surface area contributed by atoms with Gasteiger partial charge >= 0.3 is 0 Å².